The van der Waals surface area contributed by atoms with Crippen molar-refractivity contribution in [3.63, 3.8) is 0 Å². The summed E-state index contributed by atoms with van der Waals surface area (Å²) >= 11 is 0. The van der Waals surface area contributed by atoms with Crippen LogP contribution in [-0.2, 0) is 6.42 Å². The minimum atomic E-state index is 1.08. The van der Waals surface area contributed by atoms with Crippen LogP contribution in [0, 0.1) is 6.26 Å². The van der Waals surface area contributed by atoms with Gasteiger partial charge in [-0.3, -0.25) is 0 Å². The van der Waals surface area contributed by atoms with Gasteiger partial charge in [-0.25, -0.2) is 0 Å². The summed E-state index contributed by atoms with van der Waals surface area (Å²) in [5.41, 5.74) is 0. The second-order valence-corrected chi connectivity index (χ2v) is 5.66. The van der Waals surface area contributed by atoms with Crippen LogP contribution in [-0.4, -0.2) is 0 Å². The normalized spacial score (nSPS) is 11.0. The quantitative estimate of drug-likeness (QED) is 0.379. The number of hydrogen-bond donors (Lipinski definition) is 0. The van der Waals surface area contributed by atoms with Gasteiger partial charge >= 0.3 is 0 Å². The van der Waals surface area contributed by atoms with E-state index in [1.807, 2.05) is 12.1 Å². The third-order valence-corrected chi connectivity index (χ3v) is 3.80. The molecule has 0 aromatic carbocycles. The number of unbranched alkanes of at least 4 members (excludes halogenated alkanes) is 11. The predicted molar refractivity (Wildman–Crippen MR) is 82.3 cm³/mol. The molecule has 1 heteroatoms. The molecule has 1 heterocycles. The van der Waals surface area contributed by atoms with E-state index in [0.717, 1.165) is 12.2 Å². The molecule has 109 valence electrons. The van der Waals surface area contributed by atoms with Crippen LogP contribution in [0.15, 0.2) is 16.5 Å². The molecule has 0 amide bonds. The van der Waals surface area contributed by atoms with Crippen LogP contribution < -0.4 is 0 Å². The first-order valence-corrected chi connectivity index (χ1v) is 8.38. The molecular formula is C18H31O. The second kappa shape index (κ2) is 12.3. The zero-order valence-electron chi connectivity index (χ0n) is 12.8. The van der Waals surface area contributed by atoms with Crippen LogP contribution in [0.2, 0.25) is 0 Å². The van der Waals surface area contributed by atoms with Gasteiger partial charge < -0.3 is 4.42 Å². The number of hydrogen-bond acceptors (Lipinski definition) is 1. The van der Waals surface area contributed by atoms with E-state index in [1.54, 1.807) is 0 Å². The Morgan fingerprint density at radius 1 is 0.789 bits per heavy atom. The van der Waals surface area contributed by atoms with Crippen LogP contribution in [0.25, 0.3) is 0 Å². The molecular weight excluding hydrogens is 232 g/mol. The topological polar surface area (TPSA) is 13.1 Å². The van der Waals surface area contributed by atoms with Crippen LogP contribution in [0.5, 0.6) is 0 Å². The van der Waals surface area contributed by atoms with Gasteiger partial charge in [-0.15, -0.1) is 0 Å². The molecule has 19 heavy (non-hydrogen) atoms. The van der Waals surface area contributed by atoms with E-state index in [0.29, 0.717) is 0 Å². The maximum absolute atomic E-state index is 5.21. The maximum atomic E-state index is 5.21. The van der Waals surface area contributed by atoms with Gasteiger partial charge in [0.15, 0.2) is 6.26 Å². The molecule has 0 atom stereocenters. The van der Waals surface area contributed by atoms with Crippen molar-refractivity contribution in [2.24, 2.45) is 0 Å². The molecule has 0 unspecified atom stereocenters. The number of furan rings is 1. The first-order valence-electron chi connectivity index (χ1n) is 8.38. The fourth-order valence-electron chi connectivity index (χ4n) is 2.55. The third kappa shape index (κ3) is 9.81. The molecule has 1 aromatic rings. The number of rotatable bonds is 13. The van der Waals surface area contributed by atoms with Gasteiger partial charge in [-0.1, -0.05) is 77.6 Å². The summed E-state index contributed by atoms with van der Waals surface area (Å²) in [6.45, 7) is 2.28. The lowest BCUT2D eigenvalue weighted by atomic mass is 10.0. The Bertz CT molecular complexity index is 263. The zero-order chi connectivity index (χ0) is 13.6. The van der Waals surface area contributed by atoms with Crippen molar-refractivity contribution in [1.82, 2.24) is 0 Å². The summed E-state index contributed by atoms with van der Waals surface area (Å²) in [5, 5.41) is 0. The molecule has 0 spiro atoms. The average Bonchev–Trinajstić information content (AvgIpc) is 2.93. The van der Waals surface area contributed by atoms with Crippen molar-refractivity contribution < 1.29 is 4.42 Å². The van der Waals surface area contributed by atoms with E-state index < -0.39 is 0 Å². The van der Waals surface area contributed by atoms with Crippen LogP contribution >= 0.6 is 0 Å². The molecule has 0 bridgehead atoms. The van der Waals surface area contributed by atoms with Gasteiger partial charge in [0.1, 0.15) is 5.76 Å². The van der Waals surface area contributed by atoms with Gasteiger partial charge in [-0.2, -0.15) is 0 Å². The third-order valence-electron chi connectivity index (χ3n) is 3.80. The van der Waals surface area contributed by atoms with Crippen molar-refractivity contribution in [3.05, 3.63) is 24.2 Å². The van der Waals surface area contributed by atoms with E-state index in [2.05, 4.69) is 13.2 Å². The van der Waals surface area contributed by atoms with Crippen molar-refractivity contribution in [1.29, 1.82) is 0 Å². The molecule has 0 aliphatic heterocycles. The van der Waals surface area contributed by atoms with Gasteiger partial charge in [0.25, 0.3) is 0 Å². The van der Waals surface area contributed by atoms with Crippen molar-refractivity contribution >= 4 is 0 Å². The molecule has 0 saturated carbocycles. The Hall–Kier alpha value is -0.720. The molecule has 0 N–H and O–H groups in total. The van der Waals surface area contributed by atoms with Crippen molar-refractivity contribution in [2.45, 2.75) is 90.4 Å². The molecule has 1 nitrogen and oxygen atoms in total. The summed E-state index contributed by atoms with van der Waals surface area (Å²) in [5.74, 6) is 1.09. The fraction of sp³-hybridized carbons (Fsp3) is 0.778. The molecule has 1 aromatic heterocycles. The van der Waals surface area contributed by atoms with Gasteiger partial charge in [0, 0.05) is 6.42 Å². The summed E-state index contributed by atoms with van der Waals surface area (Å²) in [6, 6.07) is 3.88. The SMILES string of the molecule is CCCCCCCCCCCCCCc1cc[c]o1. The minimum Gasteiger partial charge on any atom is -0.458 e. The first-order chi connectivity index (χ1) is 9.43. The van der Waals surface area contributed by atoms with E-state index in [4.69, 9.17) is 4.42 Å². The Labute approximate surface area is 119 Å². The largest absolute Gasteiger partial charge is 0.458 e. The lowest BCUT2D eigenvalue weighted by Crippen LogP contribution is -1.84. The molecule has 0 aliphatic carbocycles. The second-order valence-electron chi connectivity index (χ2n) is 5.66. The standard InChI is InChI=1S/C18H31O/c1-2-3-4-5-6-7-8-9-10-11-12-13-15-18-16-14-17-19-18/h14,16H,2-13,15H2,1H3. The highest BCUT2D eigenvalue weighted by atomic mass is 16.3. The van der Waals surface area contributed by atoms with Crippen LogP contribution in [0.1, 0.15) is 89.7 Å². The molecule has 0 saturated heterocycles. The highest BCUT2D eigenvalue weighted by molar-refractivity contribution is 4.96. The summed E-state index contributed by atoms with van der Waals surface area (Å²) in [6.07, 6.45) is 20.7. The first kappa shape index (κ1) is 16.3. The lowest BCUT2D eigenvalue weighted by molar-refractivity contribution is 0.483. The average molecular weight is 263 g/mol. The van der Waals surface area contributed by atoms with Gasteiger partial charge in [-0.05, 0) is 18.6 Å². The molecule has 1 rings (SSSR count). The van der Waals surface area contributed by atoms with Gasteiger partial charge in [0.05, 0.1) is 0 Å². The van der Waals surface area contributed by atoms with E-state index in [-0.39, 0.29) is 0 Å². The fourth-order valence-corrected chi connectivity index (χ4v) is 2.55. The summed E-state index contributed by atoms with van der Waals surface area (Å²) in [7, 11) is 0. The molecule has 1 radical (unpaired) electrons. The highest BCUT2D eigenvalue weighted by Gasteiger charge is 1.96. The zero-order valence-corrected chi connectivity index (χ0v) is 12.8. The lowest BCUT2D eigenvalue weighted by Gasteiger charge is -2.02. The van der Waals surface area contributed by atoms with Crippen molar-refractivity contribution in [3.8, 4) is 0 Å². The van der Waals surface area contributed by atoms with Gasteiger partial charge in [0.2, 0.25) is 0 Å². The Morgan fingerprint density at radius 3 is 1.79 bits per heavy atom. The smallest absolute Gasteiger partial charge is 0.169 e. The predicted octanol–water partition coefficient (Wildman–Crippen LogP) is 6.32. The Kier molecular flexibility index (Phi) is 10.6. The van der Waals surface area contributed by atoms with Crippen LogP contribution in [0.4, 0.5) is 0 Å². The monoisotopic (exact) mass is 263 g/mol. The summed E-state index contributed by atoms with van der Waals surface area (Å²) < 4.78 is 5.21. The van der Waals surface area contributed by atoms with E-state index >= 15 is 0 Å². The van der Waals surface area contributed by atoms with E-state index in [1.165, 1.54) is 77.0 Å². The molecule has 0 aliphatic rings. The Morgan fingerprint density at radius 2 is 1.32 bits per heavy atom. The Balaban J connectivity index is 1.72. The highest BCUT2D eigenvalue weighted by Crippen LogP contribution is 2.13. The van der Waals surface area contributed by atoms with Crippen LogP contribution in [0.3, 0.4) is 0 Å². The molecule has 0 fully saturated rings. The number of aryl methyl sites for hydroxylation is 1. The van der Waals surface area contributed by atoms with E-state index in [9.17, 15) is 0 Å². The minimum absolute atomic E-state index is 1.08. The summed E-state index contributed by atoms with van der Waals surface area (Å²) in [4.78, 5) is 0. The van der Waals surface area contributed by atoms with Crippen molar-refractivity contribution in [2.75, 3.05) is 0 Å². The maximum Gasteiger partial charge on any atom is 0.169 e.